The Morgan fingerprint density at radius 1 is 0.929 bits per heavy atom. The first-order valence-corrected chi connectivity index (χ1v) is 4.52. The third-order valence-corrected chi connectivity index (χ3v) is 2.16. The maximum atomic E-state index is 10.7. The fraction of sp³-hybridized carbons (Fsp3) is 0.400. The zero-order chi connectivity index (χ0) is 9.97. The molecular weight excluding hydrogens is 184 g/mol. The lowest BCUT2D eigenvalue weighted by atomic mass is 10.1. The summed E-state index contributed by atoms with van der Waals surface area (Å²) in [4.78, 5) is 21.4. The molecule has 0 N–H and O–H groups in total. The third kappa shape index (κ3) is 2.02. The number of rotatable bonds is 3. The molecule has 0 fully saturated rings. The zero-order valence-corrected chi connectivity index (χ0v) is 7.51. The van der Waals surface area contributed by atoms with E-state index >= 15 is 0 Å². The molecule has 0 saturated heterocycles. The molecule has 2 heterocycles. The van der Waals surface area contributed by atoms with E-state index in [2.05, 4.69) is 0 Å². The fourth-order valence-corrected chi connectivity index (χ4v) is 1.47. The minimum Gasteiger partial charge on any atom is -0.455 e. The van der Waals surface area contributed by atoms with Crippen molar-refractivity contribution in [2.45, 2.75) is 25.0 Å². The first-order chi connectivity index (χ1) is 6.74. The van der Waals surface area contributed by atoms with Crippen molar-refractivity contribution >= 4 is 11.9 Å². The van der Waals surface area contributed by atoms with Crippen LogP contribution in [0.25, 0.3) is 0 Å². The van der Waals surface area contributed by atoms with E-state index in [0.29, 0.717) is 12.8 Å². The highest BCUT2D eigenvalue weighted by Crippen LogP contribution is 2.17. The molecule has 0 radical (unpaired) electrons. The number of esters is 2. The largest absolute Gasteiger partial charge is 0.455 e. The van der Waals surface area contributed by atoms with E-state index in [0.717, 1.165) is 0 Å². The summed E-state index contributed by atoms with van der Waals surface area (Å²) in [6.45, 7) is 0. The van der Waals surface area contributed by atoms with E-state index < -0.39 is 0 Å². The first-order valence-electron chi connectivity index (χ1n) is 4.52. The number of ether oxygens (including phenoxy) is 2. The normalized spacial score (nSPS) is 29.4. The van der Waals surface area contributed by atoms with Crippen molar-refractivity contribution in [3.8, 4) is 0 Å². The number of carbonyl (C=O) groups excluding carboxylic acids is 2. The highest BCUT2D eigenvalue weighted by atomic mass is 16.6. The SMILES string of the molecule is O=C1C=CC(CCC2C=CC(=O)O2)O1. The highest BCUT2D eigenvalue weighted by molar-refractivity contribution is 5.84. The topological polar surface area (TPSA) is 52.6 Å². The summed E-state index contributed by atoms with van der Waals surface area (Å²) in [5, 5.41) is 0. The Bertz CT molecular complexity index is 284. The average Bonchev–Trinajstić information content (AvgIpc) is 2.72. The number of hydrogen-bond acceptors (Lipinski definition) is 4. The highest BCUT2D eigenvalue weighted by Gasteiger charge is 2.21. The van der Waals surface area contributed by atoms with Crippen LogP contribution in [0.4, 0.5) is 0 Å². The Morgan fingerprint density at radius 3 is 1.64 bits per heavy atom. The van der Waals surface area contributed by atoms with Crippen LogP contribution >= 0.6 is 0 Å². The number of hydrogen-bond donors (Lipinski definition) is 0. The lowest BCUT2D eigenvalue weighted by Crippen LogP contribution is -2.13. The van der Waals surface area contributed by atoms with Crippen LogP contribution in [-0.2, 0) is 19.1 Å². The molecule has 14 heavy (non-hydrogen) atoms. The van der Waals surface area contributed by atoms with Gasteiger partial charge >= 0.3 is 11.9 Å². The van der Waals surface area contributed by atoms with Crippen LogP contribution in [0.1, 0.15) is 12.8 Å². The lowest BCUT2D eigenvalue weighted by Gasteiger charge is -2.11. The first kappa shape index (κ1) is 8.99. The van der Waals surface area contributed by atoms with Crippen molar-refractivity contribution in [1.82, 2.24) is 0 Å². The predicted molar refractivity (Wildman–Crippen MR) is 47.3 cm³/mol. The zero-order valence-electron chi connectivity index (χ0n) is 7.51. The molecule has 0 aliphatic carbocycles. The Hall–Kier alpha value is -1.58. The van der Waals surface area contributed by atoms with Gasteiger partial charge in [0.15, 0.2) is 0 Å². The van der Waals surface area contributed by atoms with Crippen molar-refractivity contribution in [3.05, 3.63) is 24.3 Å². The minimum absolute atomic E-state index is 0.157. The molecule has 0 amide bonds. The number of cyclic esters (lactones) is 2. The molecule has 4 nitrogen and oxygen atoms in total. The van der Waals surface area contributed by atoms with E-state index in [1.807, 2.05) is 0 Å². The summed E-state index contributed by atoms with van der Waals surface area (Å²) in [6, 6.07) is 0. The van der Waals surface area contributed by atoms with Gasteiger partial charge in [0.2, 0.25) is 0 Å². The molecule has 0 bridgehead atoms. The standard InChI is InChI=1S/C10H10O4/c11-9-5-3-7(13-9)1-2-8-4-6-10(12)14-8/h3-8H,1-2H2. The van der Waals surface area contributed by atoms with Crippen LogP contribution in [0, 0.1) is 0 Å². The molecule has 2 rings (SSSR count). The summed E-state index contributed by atoms with van der Waals surface area (Å²) in [6.07, 6.45) is 7.34. The fourth-order valence-electron chi connectivity index (χ4n) is 1.47. The Kier molecular flexibility index (Phi) is 2.35. The van der Waals surface area contributed by atoms with Gasteiger partial charge in [-0.25, -0.2) is 9.59 Å². The predicted octanol–water partition coefficient (Wildman–Crippen LogP) is 0.730. The van der Waals surface area contributed by atoms with Crippen molar-refractivity contribution in [1.29, 1.82) is 0 Å². The van der Waals surface area contributed by atoms with Crippen molar-refractivity contribution in [3.63, 3.8) is 0 Å². The summed E-state index contributed by atoms with van der Waals surface area (Å²) < 4.78 is 9.87. The molecule has 2 unspecified atom stereocenters. The molecule has 4 heteroatoms. The molecule has 74 valence electrons. The summed E-state index contributed by atoms with van der Waals surface area (Å²) >= 11 is 0. The van der Waals surface area contributed by atoms with Gasteiger partial charge < -0.3 is 9.47 Å². The van der Waals surface area contributed by atoms with Crippen LogP contribution in [0.2, 0.25) is 0 Å². The molecule has 0 saturated carbocycles. The second kappa shape index (κ2) is 3.65. The van der Waals surface area contributed by atoms with E-state index in [4.69, 9.17) is 9.47 Å². The van der Waals surface area contributed by atoms with Crippen molar-refractivity contribution in [2.24, 2.45) is 0 Å². The van der Waals surface area contributed by atoms with E-state index in [9.17, 15) is 9.59 Å². The lowest BCUT2D eigenvalue weighted by molar-refractivity contribution is -0.141. The summed E-state index contributed by atoms with van der Waals surface area (Å²) in [5.74, 6) is -0.595. The summed E-state index contributed by atoms with van der Waals surface area (Å²) in [5.41, 5.74) is 0. The van der Waals surface area contributed by atoms with Gasteiger partial charge in [0.1, 0.15) is 12.2 Å². The molecular formula is C10H10O4. The van der Waals surface area contributed by atoms with E-state index in [-0.39, 0.29) is 24.1 Å². The van der Waals surface area contributed by atoms with Crippen LogP contribution < -0.4 is 0 Å². The Balaban J connectivity index is 1.73. The third-order valence-electron chi connectivity index (χ3n) is 2.16. The van der Waals surface area contributed by atoms with Crippen molar-refractivity contribution in [2.75, 3.05) is 0 Å². The van der Waals surface area contributed by atoms with Crippen LogP contribution in [0.5, 0.6) is 0 Å². The van der Waals surface area contributed by atoms with Gasteiger partial charge in [0, 0.05) is 12.2 Å². The second-order valence-electron chi connectivity index (χ2n) is 3.25. The summed E-state index contributed by atoms with van der Waals surface area (Å²) in [7, 11) is 0. The number of carbonyl (C=O) groups is 2. The van der Waals surface area contributed by atoms with Crippen LogP contribution in [-0.4, -0.2) is 24.1 Å². The quantitative estimate of drug-likeness (QED) is 0.621. The second-order valence-corrected chi connectivity index (χ2v) is 3.25. The Labute approximate surface area is 81.2 Å². The van der Waals surface area contributed by atoms with Gasteiger partial charge in [0.25, 0.3) is 0 Å². The Morgan fingerprint density at radius 2 is 1.36 bits per heavy atom. The molecule has 0 aromatic rings. The molecule has 0 aromatic heterocycles. The van der Waals surface area contributed by atoms with Crippen molar-refractivity contribution < 1.29 is 19.1 Å². The molecule has 2 aliphatic heterocycles. The molecule has 0 aromatic carbocycles. The van der Waals surface area contributed by atoms with Gasteiger partial charge in [-0.2, -0.15) is 0 Å². The van der Waals surface area contributed by atoms with E-state index in [1.54, 1.807) is 12.2 Å². The average molecular weight is 194 g/mol. The van der Waals surface area contributed by atoms with Gasteiger partial charge in [-0.1, -0.05) is 0 Å². The smallest absolute Gasteiger partial charge is 0.331 e. The van der Waals surface area contributed by atoms with Crippen LogP contribution in [0.15, 0.2) is 24.3 Å². The maximum Gasteiger partial charge on any atom is 0.331 e. The molecule has 2 aliphatic rings. The van der Waals surface area contributed by atoms with Gasteiger partial charge in [0.05, 0.1) is 0 Å². The van der Waals surface area contributed by atoms with E-state index in [1.165, 1.54) is 12.2 Å². The molecule has 2 atom stereocenters. The van der Waals surface area contributed by atoms with Crippen LogP contribution in [0.3, 0.4) is 0 Å². The van der Waals surface area contributed by atoms with Gasteiger partial charge in [-0.3, -0.25) is 0 Å². The monoisotopic (exact) mass is 194 g/mol. The maximum absolute atomic E-state index is 10.7. The van der Waals surface area contributed by atoms with Gasteiger partial charge in [-0.15, -0.1) is 0 Å². The van der Waals surface area contributed by atoms with Gasteiger partial charge in [-0.05, 0) is 25.0 Å². The minimum atomic E-state index is -0.297. The molecule has 0 spiro atoms.